The molecule has 1 aliphatic rings. The van der Waals surface area contributed by atoms with E-state index in [0.29, 0.717) is 15.6 Å². The lowest BCUT2D eigenvalue weighted by atomic mass is 10.0. The van der Waals surface area contributed by atoms with Gasteiger partial charge in [-0.2, -0.15) is 0 Å². The van der Waals surface area contributed by atoms with Crippen LogP contribution in [0.25, 0.3) is 11.6 Å². The summed E-state index contributed by atoms with van der Waals surface area (Å²) < 4.78 is 0. The number of rotatable bonds is 1. The highest BCUT2D eigenvalue weighted by Crippen LogP contribution is 2.36. The van der Waals surface area contributed by atoms with Crippen LogP contribution in [0.1, 0.15) is 11.1 Å². The number of nitrogens with zero attached hydrogens (tertiary/aromatic N) is 1. The summed E-state index contributed by atoms with van der Waals surface area (Å²) in [6, 6.07) is 12.9. The van der Waals surface area contributed by atoms with Crippen LogP contribution in [-0.4, -0.2) is 13.0 Å². The summed E-state index contributed by atoms with van der Waals surface area (Å²) in [4.78, 5) is 14.0. The molecule has 2 nitrogen and oxygen atoms in total. The van der Waals surface area contributed by atoms with Crippen molar-refractivity contribution in [2.75, 3.05) is 11.9 Å². The van der Waals surface area contributed by atoms with Crippen molar-refractivity contribution >= 4 is 46.4 Å². The first kappa shape index (κ1) is 13.2. The van der Waals surface area contributed by atoms with Gasteiger partial charge >= 0.3 is 0 Å². The molecule has 3 rings (SSSR count). The molecule has 100 valence electrons. The number of amides is 1. The van der Waals surface area contributed by atoms with E-state index in [9.17, 15) is 4.79 Å². The average Bonchev–Trinajstić information content (AvgIpc) is 2.64. The number of hydrogen-bond donors (Lipinski definition) is 0. The van der Waals surface area contributed by atoms with E-state index in [0.717, 1.165) is 16.8 Å². The van der Waals surface area contributed by atoms with Gasteiger partial charge in [-0.15, -0.1) is 0 Å². The zero-order valence-electron chi connectivity index (χ0n) is 10.7. The van der Waals surface area contributed by atoms with E-state index in [2.05, 4.69) is 0 Å². The Morgan fingerprint density at radius 2 is 1.70 bits per heavy atom. The fraction of sp³-hybridized carbons (Fsp3) is 0.0625. The summed E-state index contributed by atoms with van der Waals surface area (Å²) >= 11 is 12.0. The second-order valence-corrected chi connectivity index (χ2v) is 5.51. The van der Waals surface area contributed by atoms with Gasteiger partial charge in [-0.3, -0.25) is 4.79 Å². The van der Waals surface area contributed by atoms with E-state index < -0.39 is 0 Å². The molecule has 0 bridgehead atoms. The average molecular weight is 304 g/mol. The van der Waals surface area contributed by atoms with Gasteiger partial charge in [0.1, 0.15) is 0 Å². The standard InChI is InChI=1S/C16H11Cl2NO/c1-19-15-5-3-2-4-13(15)14(16(19)20)8-10-6-11(17)9-12(18)7-10/h2-9H,1H3/b14-8+. The Morgan fingerprint density at radius 3 is 2.40 bits per heavy atom. The number of para-hydroxylation sites is 1. The number of benzene rings is 2. The Bertz CT molecular complexity index is 717. The lowest BCUT2D eigenvalue weighted by Crippen LogP contribution is -2.20. The van der Waals surface area contributed by atoms with Gasteiger partial charge in [0.15, 0.2) is 0 Å². The molecule has 0 aromatic heterocycles. The first-order valence-corrected chi connectivity index (χ1v) is 6.87. The number of fused-ring (bicyclic) bond motifs is 1. The molecular weight excluding hydrogens is 293 g/mol. The minimum atomic E-state index is -0.0257. The number of carbonyl (C=O) groups excluding carboxylic acids is 1. The van der Waals surface area contributed by atoms with Crippen molar-refractivity contribution in [3.8, 4) is 0 Å². The summed E-state index contributed by atoms with van der Waals surface area (Å²) in [5.74, 6) is -0.0257. The predicted octanol–water partition coefficient (Wildman–Crippen LogP) is 4.51. The highest BCUT2D eigenvalue weighted by Gasteiger charge is 2.28. The largest absolute Gasteiger partial charge is 0.311 e. The van der Waals surface area contributed by atoms with Crippen molar-refractivity contribution in [2.24, 2.45) is 0 Å². The predicted molar refractivity (Wildman–Crippen MR) is 84.2 cm³/mol. The molecule has 0 unspecified atom stereocenters. The van der Waals surface area contributed by atoms with Crippen LogP contribution in [0.15, 0.2) is 42.5 Å². The maximum absolute atomic E-state index is 12.3. The quantitative estimate of drug-likeness (QED) is 0.710. The Morgan fingerprint density at radius 1 is 1.05 bits per heavy atom. The Hall–Kier alpha value is -1.77. The second-order valence-electron chi connectivity index (χ2n) is 4.64. The molecule has 0 radical (unpaired) electrons. The molecule has 0 aliphatic carbocycles. The molecule has 4 heteroatoms. The number of halogens is 2. The maximum atomic E-state index is 12.3. The van der Waals surface area contributed by atoms with Crippen molar-refractivity contribution in [3.05, 3.63) is 63.6 Å². The summed E-state index contributed by atoms with van der Waals surface area (Å²) in [6.07, 6.45) is 1.82. The molecule has 20 heavy (non-hydrogen) atoms. The van der Waals surface area contributed by atoms with Crippen molar-refractivity contribution in [2.45, 2.75) is 0 Å². The van der Waals surface area contributed by atoms with Crippen LogP contribution in [0, 0.1) is 0 Å². The number of carbonyl (C=O) groups is 1. The number of hydrogen-bond acceptors (Lipinski definition) is 1. The van der Waals surface area contributed by atoms with Gasteiger partial charge in [-0.25, -0.2) is 0 Å². The van der Waals surface area contributed by atoms with Crippen LogP contribution in [0.5, 0.6) is 0 Å². The van der Waals surface area contributed by atoms with Crippen LogP contribution in [0.2, 0.25) is 10.0 Å². The third-order valence-corrected chi connectivity index (χ3v) is 3.72. The highest BCUT2D eigenvalue weighted by atomic mass is 35.5. The number of likely N-dealkylation sites (N-methyl/N-ethyl adjacent to an activating group) is 1. The van der Waals surface area contributed by atoms with E-state index >= 15 is 0 Å². The third kappa shape index (κ3) is 2.21. The van der Waals surface area contributed by atoms with Crippen LogP contribution in [0.3, 0.4) is 0 Å². The van der Waals surface area contributed by atoms with E-state index in [1.807, 2.05) is 30.3 Å². The molecule has 1 aliphatic heterocycles. The second kappa shape index (κ2) is 4.97. The lowest BCUT2D eigenvalue weighted by molar-refractivity contribution is -0.112. The van der Waals surface area contributed by atoms with Crippen LogP contribution in [-0.2, 0) is 4.79 Å². The smallest absolute Gasteiger partial charge is 0.258 e. The molecule has 0 atom stereocenters. The van der Waals surface area contributed by atoms with E-state index in [-0.39, 0.29) is 5.91 Å². The van der Waals surface area contributed by atoms with Gasteiger partial charge < -0.3 is 4.90 Å². The lowest BCUT2D eigenvalue weighted by Gasteiger charge is -2.07. The topological polar surface area (TPSA) is 20.3 Å². The van der Waals surface area contributed by atoms with Gasteiger partial charge in [-0.05, 0) is 35.9 Å². The fourth-order valence-corrected chi connectivity index (χ4v) is 2.91. The monoisotopic (exact) mass is 303 g/mol. The van der Waals surface area contributed by atoms with Crippen LogP contribution >= 0.6 is 23.2 Å². The normalized spacial score (nSPS) is 15.8. The number of anilines is 1. The molecule has 1 amide bonds. The molecule has 0 fully saturated rings. The SMILES string of the molecule is CN1C(=O)/C(=C/c2cc(Cl)cc(Cl)c2)c2ccccc21. The molecule has 0 saturated heterocycles. The van der Waals surface area contributed by atoms with Crippen molar-refractivity contribution in [1.82, 2.24) is 0 Å². The van der Waals surface area contributed by atoms with Crippen LogP contribution in [0.4, 0.5) is 5.69 Å². The summed E-state index contributed by atoms with van der Waals surface area (Å²) in [7, 11) is 1.77. The summed E-state index contributed by atoms with van der Waals surface area (Å²) in [6.45, 7) is 0. The molecule has 0 spiro atoms. The fourth-order valence-electron chi connectivity index (χ4n) is 2.36. The van der Waals surface area contributed by atoms with Gasteiger partial charge in [0, 0.05) is 28.2 Å². The zero-order chi connectivity index (χ0) is 14.3. The van der Waals surface area contributed by atoms with Crippen LogP contribution < -0.4 is 4.90 Å². The molecular formula is C16H11Cl2NO. The first-order chi connectivity index (χ1) is 9.56. The van der Waals surface area contributed by atoms with E-state index in [4.69, 9.17) is 23.2 Å². The molecule has 2 aromatic rings. The van der Waals surface area contributed by atoms with E-state index in [1.165, 1.54) is 0 Å². The molecule has 1 heterocycles. The van der Waals surface area contributed by atoms with Crippen molar-refractivity contribution in [3.63, 3.8) is 0 Å². The van der Waals surface area contributed by atoms with E-state index in [1.54, 1.807) is 30.1 Å². The summed E-state index contributed by atoms with van der Waals surface area (Å²) in [5.41, 5.74) is 3.31. The van der Waals surface area contributed by atoms with Gasteiger partial charge in [-0.1, -0.05) is 41.4 Å². The van der Waals surface area contributed by atoms with Gasteiger partial charge in [0.2, 0.25) is 0 Å². The molecule has 2 aromatic carbocycles. The Labute approximate surface area is 127 Å². The molecule has 0 N–H and O–H groups in total. The molecule has 0 saturated carbocycles. The van der Waals surface area contributed by atoms with Crippen molar-refractivity contribution < 1.29 is 4.79 Å². The highest BCUT2D eigenvalue weighted by molar-refractivity contribution is 6.37. The zero-order valence-corrected chi connectivity index (χ0v) is 12.2. The Balaban J connectivity index is 2.14. The Kier molecular flexibility index (Phi) is 3.28. The minimum absolute atomic E-state index is 0.0257. The third-order valence-electron chi connectivity index (χ3n) is 3.29. The first-order valence-electron chi connectivity index (χ1n) is 6.11. The van der Waals surface area contributed by atoms with Gasteiger partial charge in [0.25, 0.3) is 5.91 Å². The minimum Gasteiger partial charge on any atom is -0.311 e. The maximum Gasteiger partial charge on any atom is 0.258 e. The summed E-state index contributed by atoms with van der Waals surface area (Å²) in [5, 5.41) is 1.10. The van der Waals surface area contributed by atoms with Gasteiger partial charge in [0.05, 0.1) is 5.69 Å². The van der Waals surface area contributed by atoms with Crippen molar-refractivity contribution in [1.29, 1.82) is 0 Å².